The van der Waals surface area contributed by atoms with Crippen molar-refractivity contribution < 1.29 is 27.8 Å². The van der Waals surface area contributed by atoms with Crippen LogP contribution in [0, 0.1) is 11.6 Å². The van der Waals surface area contributed by atoms with Crippen molar-refractivity contribution >= 4 is 11.8 Å². The van der Waals surface area contributed by atoms with Crippen molar-refractivity contribution in [3.63, 3.8) is 0 Å². The molecule has 150 valence electrons. The number of benzene rings is 2. The minimum absolute atomic E-state index is 0.252. The van der Waals surface area contributed by atoms with Crippen molar-refractivity contribution in [1.29, 1.82) is 0 Å². The Labute approximate surface area is 162 Å². The van der Waals surface area contributed by atoms with E-state index in [1.54, 1.807) is 19.1 Å². The Morgan fingerprint density at radius 1 is 1.04 bits per heavy atom. The average molecular weight is 392 g/mol. The molecule has 0 saturated carbocycles. The number of halogens is 2. The van der Waals surface area contributed by atoms with Gasteiger partial charge in [-0.05, 0) is 42.8 Å². The normalized spacial score (nSPS) is 11.5. The highest BCUT2D eigenvalue weighted by atomic mass is 19.2. The summed E-state index contributed by atoms with van der Waals surface area (Å²) in [4.78, 5) is 26.0. The summed E-state index contributed by atoms with van der Waals surface area (Å²) in [5.74, 6) is -1.89. The van der Waals surface area contributed by atoms with Crippen molar-refractivity contribution in [3.8, 4) is 11.5 Å². The third-order valence-corrected chi connectivity index (χ3v) is 4.45. The molecule has 0 aliphatic heterocycles. The second-order valence-corrected chi connectivity index (χ2v) is 6.11. The number of nitrogens with zero attached hydrogens (tertiary/aromatic N) is 1. The van der Waals surface area contributed by atoms with Crippen LogP contribution in [0.3, 0.4) is 0 Å². The zero-order valence-electron chi connectivity index (χ0n) is 16.1. The van der Waals surface area contributed by atoms with Crippen LogP contribution in [-0.4, -0.2) is 44.5 Å². The minimum atomic E-state index is -0.980. The fraction of sp³-hybridized carbons (Fsp3) is 0.300. The summed E-state index contributed by atoms with van der Waals surface area (Å²) in [6.07, 6.45) is 0. The van der Waals surface area contributed by atoms with Crippen molar-refractivity contribution in [1.82, 2.24) is 10.2 Å². The van der Waals surface area contributed by atoms with Crippen molar-refractivity contribution in [2.75, 3.05) is 27.8 Å². The fourth-order valence-corrected chi connectivity index (χ4v) is 2.57. The molecule has 0 aliphatic rings. The quantitative estimate of drug-likeness (QED) is 0.787. The molecule has 0 fully saturated rings. The predicted molar refractivity (Wildman–Crippen MR) is 99.4 cm³/mol. The van der Waals surface area contributed by atoms with E-state index in [1.807, 2.05) is 0 Å². The summed E-state index contributed by atoms with van der Waals surface area (Å²) < 4.78 is 36.8. The first kappa shape index (κ1) is 21.1. The van der Waals surface area contributed by atoms with Gasteiger partial charge in [0.25, 0.3) is 5.91 Å². The second-order valence-electron chi connectivity index (χ2n) is 6.11. The van der Waals surface area contributed by atoms with E-state index in [9.17, 15) is 18.4 Å². The highest BCUT2D eigenvalue weighted by Crippen LogP contribution is 2.27. The first-order chi connectivity index (χ1) is 13.3. The summed E-state index contributed by atoms with van der Waals surface area (Å²) in [5.41, 5.74) is 0.753. The summed E-state index contributed by atoms with van der Waals surface area (Å²) >= 11 is 0. The molecule has 2 rings (SSSR count). The number of likely N-dealkylation sites (N-methyl/N-ethyl adjacent to an activating group) is 1. The van der Waals surface area contributed by atoms with E-state index in [1.165, 1.54) is 38.3 Å². The molecule has 28 heavy (non-hydrogen) atoms. The monoisotopic (exact) mass is 392 g/mol. The molecule has 1 N–H and O–H groups in total. The smallest absolute Gasteiger partial charge is 0.251 e. The maximum Gasteiger partial charge on any atom is 0.251 e. The summed E-state index contributed by atoms with van der Waals surface area (Å²) in [5, 5.41) is 2.53. The Balaban J connectivity index is 2.00. The molecule has 2 aromatic carbocycles. The van der Waals surface area contributed by atoms with Crippen LogP contribution in [0.15, 0.2) is 36.4 Å². The molecule has 6 nitrogen and oxygen atoms in total. The maximum atomic E-state index is 13.4. The number of nitrogens with one attached hydrogen (secondary N) is 1. The van der Waals surface area contributed by atoms with Gasteiger partial charge in [-0.15, -0.1) is 0 Å². The standard InChI is InChI=1S/C20H22F2N2O4/c1-12(13-5-7-15(21)16(22)9-13)24(2)19(25)11-23-20(26)14-6-8-17(27-3)18(10-14)28-4/h5-10,12H,11H2,1-4H3,(H,23,26)/t12-/m1/s1. The number of ether oxygens (including phenoxy) is 2. The highest BCUT2D eigenvalue weighted by Gasteiger charge is 2.20. The lowest BCUT2D eigenvalue weighted by atomic mass is 10.1. The van der Waals surface area contributed by atoms with Gasteiger partial charge in [0.15, 0.2) is 23.1 Å². The van der Waals surface area contributed by atoms with E-state index in [4.69, 9.17) is 9.47 Å². The molecule has 2 aromatic rings. The Morgan fingerprint density at radius 3 is 2.32 bits per heavy atom. The van der Waals surface area contributed by atoms with Gasteiger partial charge in [-0.3, -0.25) is 9.59 Å². The number of carbonyl (C=O) groups is 2. The van der Waals surface area contributed by atoms with Crippen LogP contribution in [0.5, 0.6) is 11.5 Å². The Hall–Kier alpha value is -3.16. The molecule has 0 unspecified atom stereocenters. The van der Waals surface area contributed by atoms with Crippen molar-refractivity contribution in [2.24, 2.45) is 0 Å². The van der Waals surface area contributed by atoms with Gasteiger partial charge in [0.1, 0.15) is 0 Å². The molecule has 8 heteroatoms. The van der Waals surface area contributed by atoms with E-state index < -0.39 is 23.6 Å². The van der Waals surface area contributed by atoms with Crippen LogP contribution in [0.4, 0.5) is 8.78 Å². The largest absolute Gasteiger partial charge is 0.493 e. The third kappa shape index (κ3) is 4.76. The number of hydrogen-bond acceptors (Lipinski definition) is 4. The molecule has 2 amide bonds. The van der Waals surface area contributed by atoms with E-state index in [-0.39, 0.29) is 12.5 Å². The van der Waals surface area contributed by atoms with Gasteiger partial charge in [-0.1, -0.05) is 6.07 Å². The zero-order valence-corrected chi connectivity index (χ0v) is 16.1. The van der Waals surface area contributed by atoms with Gasteiger partial charge in [0, 0.05) is 12.6 Å². The molecular weight excluding hydrogens is 370 g/mol. The molecule has 0 aliphatic carbocycles. The molecule has 0 heterocycles. The molecular formula is C20H22F2N2O4. The van der Waals surface area contributed by atoms with Crippen LogP contribution < -0.4 is 14.8 Å². The van der Waals surface area contributed by atoms with Gasteiger partial charge in [0.2, 0.25) is 5.91 Å². The Bertz CT molecular complexity index is 873. The predicted octanol–water partition coefficient (Wildman–Crippen LogP) is 2.93. The van der Waals surface area contributed by atoms with Crippen LogP contribution in [-0.2, 0) is 4.79 Å². The van der Waals surface area contributed by atoms with Gasteiger partial charge >= 0.3 is 0 Å². The van der Waals surface area contributed by atoms with Gasteiger partial charge in [-0.25, -0.2) is 8.78 Å². The highest BCUT2D eigenvalue weighted by molar-refractivity contribution is 5.97. The van der Waals surface area contributed by atoms with Crippen LogP contribution in [0.25, 0.3) is 0 Å². The Morgan fingerprint density at radius 2 is 1.71 bits per heavy atom. The number of hydrogen-bond donors (Lipinski definition) is 1. The van der Waals surface area contributed by atoms with Crippen molar-refractivity contribution in [3.05, 3.63) is 59.2 Å². The van der Waals surface area contributed by atoms with Gasteiger partial charge < -0.3 is 19.7 Å². The fourth-order valence-electron chi connectivity index (χ4n) is 2.57. The number of carbonyl (C=O) groups excluding carboxylic acids is 2. The van der Waals surface area contributed by atoms with Crippen LogP contribution in [0.2, 0.25) is 0 Å². The zero-order chi connectivity index (χ0) is 20.8. The van der Waals surface area contributed by atoms with Gasteiger partial charge in [0.05, 0.1) is 26.8 Å². The lowest BCUT2D eigenvalue weighted by Gasteiger charge is -2.25. The summed E-state index contributed by atoms with van der Waals surface area (Å²) in [6.45, 7) is 1.43. The molecule has 0 aromatic heterocycles. The third-order valence-electron chi connectivity index (χ3n) is 4.45. The van der Waals surface area contributed by atoms with Crippen molar-refractivity contribution in [2.45, 2.75) is 13.0 Å². The SMILES string of the molecule is COc1ccc(C(=O)NCC(=O)N(C)[C@H](C)c2ccc(F)c(F)c2)cc1OC. The molecule has 0 saturated heterocycles. The molecule has 0 spiro atoms. The molecule has 0 bridgehead atoms. The minimum Gasteiger partial charge on any atom is -0.493 e. The van der Waals surface area contributed by atoms with Crippen LogP contribution >= 0.6 is 0 Å². The van der Waals surface area contributed by atoms with E-state index >= 15 is 0 Å². The van der Waals surface area contributed by atoms with E-state index in [0.29, 0.717) is 22.6 Å². The summed E-state index contributed by atoms with van der Waals surface area (Å²) in [7, 11) is 4.47. The van der Waals surface area contributed by atoms with Gasteiger partial charge in [-0.2, -0.15) is 0 Å². The molecule has 1 atom stereocenters. The second kappa shape index (κ2) is 9.16. The lowest BCUT2D eigenvalue weighted by molar-refractivity contribution is -0.130. The molecule has 0 radical (unpaired) electrons. The topological polar surface area (TPSA) is 67.9 Å². The average Bonchev–Trinajstić information content (AvgIpc) is 2.71. The first-order valence-corrected chi connectivity index (χ1v) is 8.49. The summed E-state index contributed by atoms with van der Waals surface area (Å²) in [6, 6.07) is 7.62. The number of rotatable bonds is 7. The first-order valence-electron chi connectivity index (χ1n) is 8.49. The number of amides is 2. The van der Waals surface area contributed by atoms with E-state index in [2.05, 4.69) is 5.32 Å². The number of methoxy groups -OCH3 is 2. The maximum absolute atomic E-state index is 13.4. The van der Waals surface area contributed by atoms with E-state index in [0.717, 1.165) is 12.1 Å². The Kier molecular flexibility index (Phi) is 6.92. The van der Waals surface area contributed by atoms with Crippen LogP contribution in [0.1, 0.15) is 28.9 Å². The lowest BCUT2D eigenvalue weighted by Crippen LogP contribution is -2.39.